The van der Waals surface area contributed by atoms with E-state index in [1.54, 1.807) is 5.56 Å². The number of halogens is 1. The number of benzene rings is 1. The maximum atomic E-state index is 3.63. The topological polar surface area (TPSA) is 4.93 Å². The van der Waals surface area contributed by atoms with E-state index in [4.69, 9.17) is 0 Å². The maximum absolute atomic E-state index is 3.63. The second-order valence-corrected chi connectivity index (χ2v) is 4.83. The molecule has 1 aromatic heterocycles. The van der Waals surface area contributed by atoms with Gasteiger partial charge in [-0.15, -0.1) is 0 Å². The number of aryl methyl sites for hydroxylation is 2. The molecule has 0 N–H and O–H groups in total. The van der Waals surface area contributed by atoms with Crippen molar-refractivity contribution in [1.29, 1.82) is 0 Å². The van der Waals surface area contributed by atoms with Crippen molar-refractivity contribution in [3.63, 3.8) is 0 Å². The lowest BCUT2D eigenvalue weighted by molar-refractivity contribution is 0.831. The molecule has 0 spiro atoms. The minimum Gasteiger partial charge on any atom is -0.346 e. The van der Waals surface area contributed by atoms with Crippen LogP contribution in [0.15, 0.2) is 22.7 Å². The van der Waals surface area contributed by atoms with Crippen LogP contribution in [0.3, 0.4) is 0 Å². The van der Waals surface area contributed by atoms with E-state index in [0.29, 0.717) is 0 Å². The van der Waals surface area contributed by atoms with Crippen molar-refractivity contribution < 1.29 is 0 Å². The third-order valence-electron chi connectivity index (χ3n) is 3.24. The minimum absolute atomic E-state index is 1.21. The van der Waals surface area contributed by atoms with Gasteiger partial charge >= 0.3 is 0 Å². The molecule has 72 valence electrons. The van der Waals surface area contributed by atoms with E-state index in [-0.39, 0.29) is 0 Å². The average Bonchev–Trinajstić information content (AvgIpc) is 2.71. The summed E-state index contributed by atoms with van der Waals surface area (Å²) in [6, 6.07) is 6.49. The minimum atomic E-state index is 1.21. The number of rotatable bonds is 0. The standard InChI is InChI=1S/C12H12BrN/c1-14-11-7-3-4-8(11)9-5-2-6-10(13)12(9)14/h2,5-6H,3-4,7H2,1H3. The van der Waals surface area contributed by atoms with Gasteiger partial charge in [-0.25, -0.2) is 0 Å². The summed E-state index contributed by atoms with van der Waals surface area (Å²) in [5.74, 6) is 0. The zero-order chi connectivity index (χ0) is 9.71. The lowest BCUT2D eigenvalue weighted by atomic mass is 10.1. The van der Waals surface area contributed by atoms with E-state index >= 15 is 0 Å². The third kappa shape index (κ3) is 0.949. The summed E-state index contributed by atoms with van der Waals surface area (Å²) in [5.41, 5.74) is 4.47. The van der Waals surface area contributed by atoms with Crippen molar-refractivity contribution in [3.8, 4) is 0 Å². The Morgan fingerprint density at radius 2 is 2.14 bits per heavy atom. The van der Waals surface area contributed by atoms with Gasteiger partial charge in [0.05, 0.1) is 5.52 Å². The highest BCUT2D eigenvalue weighted by Gasteiger charge is 2.20. The molecule has 0 bridgehead atoms. The molecule has 0 radical (unpaired) electrons. The molecule has 1 nitrogen and oxygen atoms in total. The molecule has 1 heterocycles. The SMILES string of the molecule is Cn1c2c(c3cccc(Br)c31)CCC2. The summed E-state index contributed by atoms with van der Waals surface area (Å²) in [6.07, 6.45) is 3.82. The van der Waals surface area contributed by atoms with Gasteiger partial charge in [0.2, 0.25) is 0 Å². The Balaban J connectivity index is 2.51. The number of aromatic nitrogens is 1. The summed E-state index contributed by atoms with van der Waals surface area (Å²) >= 11 is 3.63. The Labute approximate surface area is 91.9 Å². The van der Waals surface area contributed by atoms with E-state index < -0.39 is 0 Å². The van der Waals surface area contributed by atoms with Gasteiger partial charge in [0.25, 0.3) is 0 Å². The molecule has 2 heteroatoms. The first kappa shape index (κ1) is 8.54. The van der Waals surface area contributed by atoms with Gasteiger partial charge in [-0.1, -0.05) is 12.1 Å². The lowest BCUT2D eigenvalue weighted by Gasteiger charge is -2.02. The molecule has 0 saturated carbocycles. The van der Waals surface area contributed by atoms with Crippen LogP contribution in [0, 0.1) is 0 Å². The molecule has 14 heavy (non-hydrogen) atoms. The molecule has 0 aliphatic heterocycles. The summed E-state index contributed by atoms with van der Waals surface area (Å²) in [4.78, 5) is 0. The molecule has 0 saturated heterocycles. The van der Waals surface area contributed by atoms with E-state index in [2.05, 4.69) is 45.7 Å². The zero-order valence-electron chi connectivity index (χ0n) is 8.18. The Morgan fingerprint density at radius 3 is 3.00 bits per heavy atom. The van der Waals surface area contributed by atoms with Crippen LogP contribution in [0.5, 0.6) is 0 Å². The van der Waals surface area contributed by atoms with Gasteiger partial charge in [-0.3, -0.25) is 0 Å². The van der Waals surface area contributed by atoms with Gasteiger partial charge in [0.1, 0.15) is 0 Å². The average molecular weight is 250 g/mol. The second kappa shape index (κ2) is 2.86. The van der Waals surface area contributed by atoms with E-state index in [9.17, 15) is 0 Å². The molecular formula is C12H12BrN. The number of nitrogens with zero attached hydrogens (tertiary/aromatic N) is 1. The molecule has 0 atom stereocenters. The Kier molecular flexibility index (Phi) is 1.75. The highest BCUT2D eigenvalue weighted by molar-refractivity contribution is 9.10. The van der Waals surface area contributed by atoms with Crippen LogP contribution in [0.25, 0.3) is 10.9 Å². The third-order valence-corrected chi connectivity index (χ3v) is 3.88. The van der Waals surface area contributed by atoms with Gasteiger partial charge in [-0.05, 0) is 46.8 Å². The highest BCUT2D eigenvalue weighted by atomic mass is 79.9. The van der Waals surface area contributed by atoms with Gasteiger partial charge < -0.3 is 4.57 Å². The Hall–Kier alpha value is -0.760. The van der Waals surface area contributed by atoms with Crippen molar-refractivity contribution in [2.75, 3.05) is 0 Å². The monoisotopic (exact) mass is 249 g/mol. The van der Waals surface area contributed by atoms with E-state index in [0.717, 1.165) is 0 Å². The number of para-hydroxylation sites is 1. The second-order valence-electron chi connectivity index (χ2n) is 3.97. The highest BCUT2D eigenvalue weighted by Crippen LogP contribution is 2.35. The number of hydrogen-bond acceptors (Lipinski definition) is 0. The van der Waals surface area contributed by atoms with Gasteiger partial charge in [0.15, 0.2) is 0 Å². The molecule has 1 aliphatic carbocycles. The van der Waals surface area contributed by atoms with Crippen LogP contribution >= 0.6 is 15.9 Å². The van der Waals surface area contributed by atoms with Crippen molar-refractivity contribution in [2.24, 2.45) is 7.05 Å². The normalized spacial score (nSPS) is 15.0. The van der Waals surface area contributed by atoms with Crippen LogP contribution in [0.4, 0.5) is 0 Å². The predicted molar refractivity (Wildman–Crippen MR) is 62.6 cm³/mol. The Bertz CT molecular complexity index is 511. The number of hydrogen-bond donors (Lipinski definition) is 0. The zero-order valence-corrected chi connectivity index (χ0v) is 9.76. The summed E-state index contributed by atoms with van der Waals surface area (Å²) in [6.45, 7) is 0. The quantitative estimate of drug-likeness (QED) is 0.675. The van der Waals surface area contributed by atoms with Crippen molar-refractivity contribution in [1.82, 2.24) is 4.57 Å². The molecule has 0 fully saturated rings. The molecule has 1 aliphatic rings. The van der Waals surface area contributed by atoms with Crippen LogP contribution in [-0.4, -0.2) is 4.57 Å². The van der Waals surface area contributed by atoms with Gasteiger partial charge in [-0.2, -0.15) is 0 Å². The molecule has 3 rings (SSSR count). The summed E-state index contributed by atoms with van der Waals surface area (Å²) in [5, 5.41) is 1.44. The van der Waals surface area contributed by atoms with Crippen LogP contribution in [0.2, 0.25) is 0 Å². The van der Waals surface area contributed by atoms with Crippen molar-refractivity contribution >= 4 is 26.8 Å². The molecule has 1 aromatic carbocycles. The van der Waals surface area contributed by atoms with Crippen molar-refractivity contribution in [3.05, 3.63) is 33.9 Å². The first-order valence-electron chi connectivity index (χ1n) is 5.03. The maximum Gasteiger partial charge on any atom is 0.0627 e. The van der Waals surface area contributed by atoms with E-state index in [1.165, 1.54) is 40.3 Å². The van der Waals surface area contributed by atoms with Gasteiger partial charge in [0, 0.05) is 22.6 Å². The first-order chi connectivity index (χ1) is 6.79. The lowest BCUT2D eigenvalue weighted by Crippen LogP contribution is -1.93. The Morgan fingerprint density at radius 1 is 1.29 bits per heavy atom. The molecule has 0 unspecified atom stereocenters. The molecule has 0 amide bonds. The van der Waals surface area contributed by atoms with Crippen molar-refractivity contribution in [2.45, 2.75) is 19.3 Å². The number of fused-ring (bicyclic) bond motifs is 3. The fraction of sp³-hybridized carbons (Fsp3) is 0.333. The van der Waals surface area contributed by atoms with Crippen LogP contribution < -0.4 is 0 Å². The van der Waals surface area contributed by atoms with Crippen LogP contribution in [-0.2, 0) is 19.9 Å². The predicted octanol–water partition coefficient (Wildman–Crippen LogP) is 3.43. The largest absolute Gasteiger partial charge is 0.346 e. The molecular weight excluding hydrogens is 238 g/mol. The fourth-order valence-corrected chi connectivity index (χ4v) is 3.25. The fourth-order valence-electron chi connectivity index (χ4n) is 2.62. The van der Waals surface area contributed by atoms with Crippen LogP contribution in [0.1, 0.15) is 17.7 Å². The first-order valence-corrected chi connectivity index (χ1v) is 5.83. The van der Waals surface area contributed by atoms with E-state index in [1.807, 2.05) is 0 Å². The smallest absolute Gasteiger partial charge is 0.0627 e. The molecule has 2 aromatic rings. The summed E-state index contributed by atoms with van der Waals surface area (Å²) < 4.78 is 3.56. The summed E-state index contributed by atoms with van der Waals surface area (Å²) in [7, 11) is 2.18.